The Morgan fingerprint density at radius 1 is 1.19 bits per heavy atom. The van der Waals surface area contributed by atoms with Crippen molar-refractivity contribution in [3.8, 4) is 11.8 Å². The number of nitrogens with zero attached hydrogens (tertiary/aromatic N) is 1. The maximum absolute atomic E-state index is 9.40. The van der Waals surface area contributed by atoms with Crippen LogP contribution >= 0.6 is 0 Å². The Morgan fingerprint density at radius 3 is 2.33 bits per heavy atom. The Bertz CT molecular complexity index is 586. The zero-order chi connectivity index (χ0) is 15.3. The van der Waals surface area contributed by atoms with Crippen LogP contribution in [0, 0.1) is 11.3 Å². The highest BCUT2D eigenvalue weighted by molar-refractivity contribution is 6.64. The second-order valence-corrected chi connectivity index (χ2v) is 6.73. The fourth-order valence-electron chi connectivity index (χ4n) is 2.31. The fraction of sp³-hybridized carbons (Fsp3) is 0.562. The quantitative estimate of drug-likeness (QED) is 0.800. The van der Waals surface area contributed by atoms with Gasteiger partial charge >= 0.3 is 7.12 Å². The van der Waals surface area contributed by atoms with Gasteiger partial charge in [0, 0.05) is 5.46 Å². The molecule has 21 heavy (non-hydrogen) atoms. The number of rotatable bonds is 3. The van der Waals surface area contributed by atoms with Gasteiger partial charge in [-0.1, -0.05) is 6.07 Å². The van der Waals surface area contributed by atoms with E-state index in [2.05, 4.69) is 6.07 Å². The summed E-state index contributed by atoms with van der Waals surface area (Å²) in [6.45, 7) is 8.01. The van der Waals surface area contributed by atoms with Crippen molar-refractivity contribution in [2.75, 3.05) is 0 Å². The van der Waals surface area contributed by atoms with E-state index in [1.807, 2.05) is 39.8 Å². The molecule has 0 unspecified atom stereocenters. The molecule has 0 spiro atoms. The minimum Gasteiger partial charge on any atom is -0.491 e. The molecule has 0 radical (unpaired) electrons. The number of hydrogen-bond acceptors (Lipinski definition) is 4. The zero-order valence-electron chi connectivity index (χ0n) is 13.0. The molecule has 2 fully saturated rings. The van der Waals surface area contributed by atoms with Crippen LogP contribution in [-0.2, 0) is 9.31 Å². The average Bonchev–Trinajstić information content (AvgIpc) is 3.17. The Hall–Kier alpha value is -1.51. The summed E-state index contributed by atoms with van der Waals surface area (Å²) in [7, 11) is -0.570. The maximum atomic E-state index is 9.40. The van der Waals surface area contributed by atoms with Crippen molar-refractivity contribution in [1.82, 2.24) is 0 Å². The third-order valence-corrected chi connectivity index (χ3v) is 4.49. The molecule has 2 aliphatic rings. The summed E-state index contributed by atoms with van der Waals surface area (Å²) in [4.78, 5) is 0. The highest BCUT2D eigenvalue weighted by Crippen LogP contribution is 2.38. The van der Waals surface area contributed by atoms with E-state index in [0.29, 0.717) is 16.8 Å². The van der Waals surface area contributed by atoms with Crippen LogP contribution in [0.2, 0.25) is 0 Å². The molecule has 0 bridgehead atoms. The van der Waals surface area contributed by atoms with Crippen LogP contribution in [0.25, 0.3) is 0 Å². The third-order valence-electron chi connectivity index (χ3n) is 4.49. The van der Waals surface area contributed by atoms with Crippen molar-refractivity contribution in [2.45, 2.75) is 57.8 Å². The first kappa shape index (κ1) is 14.4. The number of nitriles is 1. The lowest BCUT2D eigenvalue weighted by Crippen LogP contribution is -2.41. The van der Waals surface area contributed by atoms with Crippen LogP contribution in [0.4, 0.5) is 0 Å². The molecule has 1 aliphatic carbocycles. The van der Waals surface area contributed by atoms with E-state index in [-0.39, 0.29) is 6.10 Å². The Kier molecular flexibility index (Phi) is 3.27. The molecular formula is C16H20BNO3. The third kappa shape index (κ3) is 2.54. The molecule has 0 amide bonds. The van der Waals surface area contributed by atoms with Crippen LogP contribution < -0.4 is 10.2 Å². The summed E-state index contributed by atoms with van der Waals surface area (Å²) in [5.41, 5.74) is 0.394. The summed E-state index contributed by atoms with van der Waals surface area (Å²) in [5.74, 6) is 0.704. The molecule has 1 aromatic rings. The van der Waals surface area contributed by atoms with E-state index in [1.165, 1.54) is 0 Å². The standard InChI is InChI=1S/C16H20BNO3/c1-15(2)16(3,4)21-17(20-15)14-11(10-18)6-5-7-13(14)19-12-8-9-12/h5-7,12H,8-9H2,1-4H3. The largest absolute Gasteiger partial charge is 0.500 e. The first-order chi connectivity index (χ1) is 9.84. The fourth-order valence-corrected chi connectivity index (χ4v) is 2.31. The predicted molar refractivity (Wildman–Crippen MR) is 80.5 cm³/mol. The highest BCUT2D eigenvalue weighted by atomic mass is 16.7. The maximum Gasteiger partial charge on any atom is 0.500 e. The first-order valence-corrected chi connectivity index (χ1v) is 7.39. The van der Waals surface area contributed by atoms with Crippen molar-refractivity contribution in [1.29, 1.82) is 5.26 Å². The highest BCUT2D eigenvalue weighted by Gasteiger charge is 2.53. The second-order valence-electron chi connectivity index (χ2n) is 6.73. The van der Waals surface area contributed by atoms with E-state index >= 15 is 0 Å². The summed E-state index contributed by atoms with van der Waals surface area (Å²) < 4.78 is 18.1. The van der Waals surface area contributed by atoms with Crippen molar-refractivity contribution < 1.29 is 14.0 Å². The van der Waals surface area contributed by atoms with Crippen molar-refractivity contribution in [3.05, 3.63) is 23.8 Å². The Labute approximate surface area is 126 Å². The molecule has 0 atom stereocenters. The summed E-state index contributed by atoms with van der Waals surface area (Å²) >= 11 is 0. The van der Waals surface area contributed by atoms with Crippen molar-refractivity contribution in [3.63, 3.8) is 0 Å². The van der Waals surface area contributed by atoms with E-state index in [9.17, 15) is 5.26 Å². The van der Waals surface area contributed by atoms with Crippen LogP contribution in [0.5, 0.6) is 5.75 Å². The minimum absolute atomic E-state index is 0.264. The van der Waals surface area contributed by atoms with E-state index < -0.39 is 18.3 Å². The van der Waals surface area contributed by atoms with Gasteiger partial charge in [0.25, 0.3) is 0 Å². The molecule has 1 aromatic carbocycles. The lowest BCUT2D eigenvalue weighted by molar-refractivity contribution is 0.00578. The lowest BCUT2D eigenvalue weighted by atomic mass is 9.75. The van der Waals surface area contributed by atoms with Crippen LogP contribution in [0.1, 0.15) is 46.1 Å². The summed E-state index contributed by atoms with van der Waals surface area (Å²) in [5, 5.41) is 9.40. The topological polar surface area (TPSA) is 51.5 Å². The SMILES string of the molecule is CC1(C)OB(c2c(C#N)cccc2OC2CC2)OC1(C)C. The van der Waals surface area contributed by atoms with Gasteiger partial charge < -0.3 is 14.0 Å². The summed E-state index contributed by atoms with van der Waals surface area (Å²) in [6, 6.07) is 7.73. The number of hydrogen-bond donors (Lipinski definition) is 0. The normalized spacial score (nSPS) is 22.9. The van der Waals surface area contributed by atoms with Gasteiger partial charge in [0.15, 0.2) is 0 Å². The van der Waals surface area contributed by atoms with Gasteiger partial charge in [-0.15, -0.1) is 0 Å². The minimum atomic E-state index is -0.570. The lowest BCUT2D eigenvalue weighted by Gasteiger charge is -2.32. The Morgan fingerprint density at radius 2 is 1.81 bits per heavy atom. The summed E-state index contributed by atoms with van der Waals surface area (Å²) in [6.07, 6.45) is 2.40. The molecule has 0 aromatic heterocycles. The first-order valence-electron chi connectivity index (χ1n) is 7.39. The molecule has 1 saturated heterocycles. The van der Waals surface area contributed by atoms with Gasteiger partial charge in [0.2, 0.25) is 0 Å². The predicted octanol–water partition coefficient (Wildman–Crippen LogP) is 2.40. The van der Waals surface area contributed by atoms with Gasteiger partial charge in [-0.3, -0.25) is 0 Å². The van der Waals surface area contributed by atoms with Crippen LogP contribution in [-0.4, -0.2) is 24.4 Å². The molecule has 5 heteroatoms. The Balaban J connectivity index is 1.99. The molecule has 110 valence electrons. The average molecular weight is 285 g/mol. The molecule has 1 aliphatic heterocycles. The van der Waals surface area contributed by atoms with Gasteiger partial charge in [0.1, 0.15) is 5.75 Å². The van der Waals surface area contributed by atoms with Gasteiger partial charge in [-0.25, -0.2) is 0 Å². The number of benzene rings is 1. The van der Waals surface area contributed by atoms with E-state index in [4.69, 9.17) is 14.0 Å². The monoisotopic (exact) mass is 285 g/mol. The molecule has 3 rings (SSSR count). The van der Waals surface area contributed by atoms with Gasteiger partial charge in [0.05, 0.1) is 28.9 Å². The molecule has 0 N–H and O–H groups in total. The van der Waals surface area contributed by atoms with Crippen molar-refractivity contribution in [2.24, 2.45) is 0 Å². The molecule has 1 saturated carbocycles. The van der Waals surface area contributed by atoms with Crippen LogP contribution in [0.15, 0.2) is 18.2 Å². The molecule has 1 heterocycles. The van der Waals surface area contributed by atoms with E-state index in [0.717, 1.165) is 12.8 Å². The smallest absolute Gasteiger partial charge is 0.491 e. The molecule has 4 nitrogen and oxygen atoms in total. The van der Waals surface area contributed by atoms with Gasteiger partial charge in [-0.2, -0.15) is 5.26 Å². The van der Waals surface area contributed by atoms with Crippen LogP contribution in [0.3, 0.4) is 0 Å². The van der Waals surface area contributed by atoms with Crippen molar-refractivity contribution >= 4 is 12.6 Å². The zero-order valence-corrected chi connectivity index (χ0v) is 13.0. The second kappa shape index (κ2) is 4.76. The van der Waals surface area contributed by atoms with E-state index in [1.54, 1.807) is 6.07 Å². The van der Waals surface area contributed by atoms with Gasteiger partial charge in [-0.05, 0) is 52.7 Å². The number of ether oxygens (including phenoxy) is 1. The molecular weight excluding hydrogens is 265 g/mol.